The van der Waals surface area contributed by atoms with Crippen LogP contribution >= 0.6 is 0 Å². The first-order valence-corrected chi connectivity index (χ1v) is 10.3. The fourth-order valence-corrected chi connectivity index (χ4v) is 4.43. The van der Waals surface area contributed by atoms with Crippen molar-refractivity contribution >= 4 is 21.8 Å². The fraction of sp³-hybridized carbons (Fsp3) is 0.556. The molecule has 0 bridgehead atoms. The van der Waals surface area contributed by atoms with E-state index in [4.69, 9.17) is 0 Å². The number of hydrogen-bond acceptors (Lipinski definition) is 4. The summed E-state index contributed by atoms with van der Waals surface area (Å²) in [5, 5.41) is 5.23. The lowest BCUT2D eigenvalue weighted by molar-refractivity contribution is -0.120. The number of nitrogens with zero attached hydrogens (tertiary/aromatic N) is 1. The van der Waals surface area contributed by atoms with Crippen molar-refractivity contribution in [3.63, 3.8) is 0 Å². The first kappa shape index (κ1) is 20.4. The minimum Gasteiger partial charge on any atom is -0.352 e. The van der Waals surface area contributed by atoms with Crippen molar-refractivity contribution in [3.8, 4) is 0 Å². The monoisotopic (exact) mass is 381 g/mol. The third-order valence-corrected chi connectivity index (χ3v) is 6.16. The van der Waals surface area contributed by atoms with Gasteiger partial charge in [0.2, 0.25) is 15.9 Å². The lowest BCUT2D eigenvalue weighted by atomic mass is 10.1. The molecule has 7 nitrogen and oxygen atoms in total. The Bertz CT molecular complexity index is 769. The van der Waals surface area contributed by atoms with E-state index in [9.17, 15) is 18.0 Å². The van der Waals surface area contributed by atoms with Crippen LogP contribution in [0.4, 0.5) is 0 Å². The van der Waals surface area contributed by atoms with E-state index in [1.54, 1.807) is 13.0 Å². The van der Waals surface area contributed by atoms with Gasteiger partial charge in [-0.3, -0.25) is 9.59 Å². The molecule has 1 aliphatic heterocycles. The lowest BCUT2D eigenvalue weighted by Crippen LogP contribution is -2.40. The molecule has 1 aromatic carbocycles. The van der Waals surface area contributed by atoms with Crippen LogP contribution in [0.2, 0.25) is 0 Å². The molecule has 0 saturated carbocycles. The zero-order chi connectivity index (χ0) is 19.3. The van der Waals surface area contributed by atoms with E-state index in [0.717, 1.165) is 19.3 Å². The molecule has 1 aliphatic rings. The highest BCUT2D eigenvalue weighted by Crippen LogP contribution is 2.22. The summed E-state index contributed by atoms with van der Waals surface area (Å²) in [6.45, 7) is 6.26. The third kappa shape index (κ3) is 5.04. The summed E-state index contributed by atoms with van der Waals surface area (Å²) < 4.78 is 27.1. The van der Waals surface area contributed by atoms with Crippen LogP contribution in [0.5, 0.6) is 0 Å². The normalized spacial score (nSPS) is 15.7. The van der Waals surface area contributed by atoms with Crippen molar-refractivity contribution in [1.82, 2.24) is 14.9 Å². The molecule has 2 rings (SSSR count). The Balaban J connectivity index is 2.16. The molecule has 1 heterocycles. The molecule has 0 aromatic heterocycles. The summed E-state index contributed by atoms with van der Waals surface area (Å²) in [6, 6.07) is 4.54. The first-order chi connectivity index (χ1) is 12.2. The molecule has 1 aromatic rings. The number of hydrogen-bond donors (Lipinski definition) is 2. The van der Waals surface area contributed by atoms with E-state index in [1.807, 2.05) is 13.8 Å². The maximum atomic E-state index is 12.8. The molecule has 0 spiro atoms. The summed E-state index contributed by atoms with van der Waals surface area (Å²) in [5.74, 6) is -0.750. The number of carbonyl (C=O) groups excluding carboxylic acids is 2. The van der Waals surface area contributed by atoms with Crippen LogP contribution in [-0.2, 0) is 14.8 Å². The summed E-state index contributed by atoms with van der Waals surface area (Å²) in [7, 11) is -3.61. The Morgan fingerprint density at radius 2 is 1.81 bits per heavy atom. The fourth-order valence-electron chi connectivity index (χ4n) is 2.89. The van der Waals surface area contributed by atoms with E-state index < -0.39 is 15.9 Å². The summed E-state index contributed by atoms with van der Waals surface area (Å²) >= 11 is 0. The van der Waals surface area contributed by atoms with Crippen molar-refractivity contribution in [2.75, 3.05) is 19.6 Å². The Morgan fingerprint density at radius 1 is 1.15 bits per heavy atom. The molecule has 1 fully saturated rings. The van der Waals surface area contributed by atoms with Gasteiger partial charge in [-0.2, -0.15) is 4.31 Å². The van der Waals surface area contributed by atoms with Gasteiger partial charge in [-0.1, -0.05) is 12.5 Å². The van der Waals surface area contributed by atoms with Gasteiger partial charge < -0.3 is 10.6 Å². The van der Waals surface area contributed by atoms with Crippen LogP contribution in [0.1, 0.15) is 49.0 Å². The number of piperidine rings is 1. The summed E-state index contributed by atoms with van der Waals surface area (Å²) in [6.07, 6.45) is 2.73. The van der Waals surface area contributed by atoms with Crippen LogP contribution in [-0.4, -0.2) is 50.2 Å². The molecule has 0 unspecified atom stereocenters. The highest BCUT2D eigenvalue weighted by molar-refractivity contribution is 7.89. The molecule has 0 atom stereocenters. The molecular weight excluding hydrogens is 354 g/mol. The molecule has 0 aliphatic carbocycles. The van der Waals surface area contributed by atoms with E-state index >= 15 is 0 Å². The van der Waals surface area contributed by atoms with Gasteiger partial charge in [0.05, 0.1) is 11.4 Å². The van der Waals surface area contributed by atoms with E-state index in [2.05, 4.69) is 10.6 Å². The minimum absolute atomic E-state index is 0.0147. The summed E-state index contributed by atoms with van der Waals surface area (Å²) in [5.41, 5.74) is 0.921. The smallest absolute Gasteiger partial charge is 0.252 e. The van der Waals surface area contributed by atoms with Crippen molar-refractivity contribution in [3.05, 3.63) is 29.3 Å². The Labute approximate surface area is 155 Å². The highest BCUT2D eigenvalue weighted by Gasteiger charge is 2.27. The molecule has 0 radical (unpaired) electrons. The second-order valence-corrected chi connectivity index (χ2v) is 8.78. The number of carbonyl (C=O) groups is 2. The molecule has 1 saturated heterocycles. The predicted octanol–water partition coefficient (Wildman–Crippen LogP) is 1.42. The zero-order valence-electron chi connectivity index (χ0n) is 15.5. The van der Waals surface area contributed by atoms with Gasteiger partial charge in [-0.25, -0.2) is 8.42 Å². The van der Waals surface area contributed by atoms with E-state index in [0.29, 0.717) is 18.7 Å². The van der Waals surface area contributed by atoms with Crippen molar-refractivity contribution in [2.45, 2.75) is 51.0 Å². The average Bonchev–Trinajstić information content (AvgIpc) is 2.60. The standard InChI is InChI=1S/C18H27N3O4S/c1-13(2)20-17(22)12-19-18(23)16-11-15(8-7-14(16)3)26(24,25)21-9-5-4-6-10-21/h7-8,11,13H,4-6,9-10,12H2,1-3H3,(H,19,23)(H,20,22). The predicted molar refractivity (Wildman–Crippen MR) is 99.4 cm³/mol. The largest absolute Gasteiger partial charge is 0.352 e. The SMILES string of the molecule is Cc1ccc(S(=O)(=O)N2CCCCC2)cc1C(=O)NCC(=O)NC(C)C. The van der Waals surface area contributed by atoms with Gasteiger partial charge in [0.25, 0.3) is 5.91 Å². The van der Waals surface area contributed by atoms with Gasteiger partial charge in [0.1, 0.15) is 0 Å². The van der Waals surface area contributed by atoms with Gasteiger partial charge in [-0.15, -0.1) is 0 Å². The quantitative estimate of drug-likeness (QED) is 0.779. The van der Waals surface area contributed by atoms with Crippen LogP contribution < -0.4 is 10.6 Å². The van der Waals surface area contributed by atoms with Gasteiger partial charge >= 0.3 is 0 Å². The molecule has 2 N–H and O–H groups in total. The van der Waals surface area contributed by atoms with Crippen LogP contribution in [0.15, 0.2) is 23.1 Å². The van der Waals surface area contributed by atoms with Gasteiger partial charge in [-0.05, 0) is 51.3 Å². The maximum absolute atomic E-state index is 12.8. The number of nitrogens with one attached hydrogen (secondary N) is 2. The van der Waals surface area contributed by atoms with Crippen LogP contribution in [0.25, 0.3) is 0 Å². The number of amides is 2. The molecule has 2 amide bonds. The number of aryl methyl sites for hydroxylation is 1. The number of benzene rings is 1. The summed E-state index contributed by atoms with van der Waals surface area (Å²) in [4.78, 5) is 24.2. The third-order valence-electron chi connectivity index (χ3n) is 4.27. The van der Waals surface area contributed by atoms with Crippen molar-refractivity contribution in [2.24, 2.45) is 0 Å². The Kier molecular flexibility index (Phi) is 6.77. The minimum atomic E-state index is -3.61. The second kappa shape index (κ2) is 8.64. The number of rotatable bonds is 6. The van der Waals surface area contributed by atoms with E-state index in [1.165, 1.54) is 16.4 Å². The Morgan fingerprint density at radius 3 is 2.42 bits per heavy atom. The van der Waals surface area contributed by atoms with Gasteiger partial charge in [0.15, 0.2) is 0 Å². The lowest BCUT2D eigenvalue weighted by Gasteiger charge is -2.26. The van der Waals surface area contributed by atoms with Crippen LogP contribution in [0.3, 0.4) is 0 Å². The molecule has 8 heteroatoms. The molecule has 144 valence electrons. The van der Waals surface area contributed by atoms with Crippen LogP contribution in [0, 0.1) is 6.92 Å². The number of sulfonamides is 1. The van der Waals surface area contributed by atoms with Crippen molar-refractivity contribution < 1.29 is 18.0 Å². The maximum Gasteiger partial charge on any atom is 0.252 e. The van der Waals surface area contributed by atoms with E-state index in [-0.39, 0.29) is 29.0 Å². The van der Waals surface area contributed by atoms with Crippen molar-refractivity contribution in [1.29, 1.82) is 0 Å². The zero-order valence-corrected chi connectivity index (χ0v) is 16.4. The topological polar surface area (TPSA) is 95.6 Å². The average molecular weight is 381 g/mol. The molecular formula is C18H27N3O4S. The second-order valence-electron chi connectivity index (χ2n) is 6.85. The Hall–Kier alpha value is -1.93. The highest BCUT2D eigenvalue weighted by atomic mass is 32.2. The first-order valence-electron chi connectivity index (χ1n) is 8.90. The van der Waals surface area contributed by atoms with Gasteiger partial charge in [0, 0.05) is 24.7 Å². The molecule has 26 heavy (non-hydrogen) atoms.